The molecular formula is C16H25IN2. The van der Waals surface area contributed by atoms with Crippen LogP contribution in [0.1, 0.15) is 38.7 Å². The van der Waals surface area contributed by atoms with Crippen molar-refractivity contribution in [3.05, 3.63) is 33.4 Å². The lowest BCUT2D eigenvalue weighted by Gasteiger charge is -2.40. The summed E-state index contributed by atoms with van der Waals surface area (Å²) >= 11 is 2.37. The predicted octanol–water partition coefficient (Wildman–Crippen LogP) is 3.64. The predicted molar refractivity (Wildman–Crippen MR) is 90.3 cm³/mol. The first-order valence-electron chi connectivity index (χ1n) is 7.44. The highest BCUT2D eigenvalue weighted by atomic mass is 127. The minimum Gasteiger partial charge on any atom is -0.311 e. The largest absolute Gasteiger partial charge is 0.311 e. The van der Waals surface area contributed by atoms with Crippen molar-refractivity contribution in [1.29, 1.82) is 0 Å². The van der Waals surface area contributed by atoms with E-state index in [0.29, 0.717) is 12.1 Å². The van der Waals surface area contributed by atoms with Gasteiger partial charge in [0, 0.05) is 35.3 Å². The van der Waals surface area contributed by atoms with Crippen LogP contribution in [-0.2, 0) is 6.54 Å². The molecule has 1 aliphatic heterocycles. The molecule has 2 atom stereocenters. The molecule has 0 spiro atoms. The summed E-state index contributed by atoms with van der Waals surface area (Å²) in [6, 6.07) is 10.3. The van der Waals surface area contributed by atoms with Crippen molar-refractivity contribution < 1.29 is 0 Å². The molecule has 19 heavy (non-hydrogen) atoms. The second kappa shape index (κ2) is 7.60. The van der Waals surface area contributed by atoms with Gasteiger partial charge in [-0.05, 0) is 53.1 Å². The highest BCUT2D eigenvalue weighted by molar-refractivity contribution is 14.1. The topological polar surface area (TPSA) is 15.3 Å². The van der Waals surface area contributed by atoms with Crippen molar-refractivity contribution in [2.24, 2.45) is 0 Å². The molecule has 1 fully saturated rings. The monoisotopic (exact) mass is 372 g/mol. The number of nitrogens with one attached hydrogen (secondary N) is 1. The summed E-state index contributed by atoms with van der Waals surface area (Å²) in [6.07, 6.45) is 3.79. The molecule has 2 rings (SSSR count). The third kappa shape index (κ3) is 4.43. The first-order valence-corrected chi connectivity index (χ1v) is 8.52. The molecule has 1 aromatic rings. The lowest BCUT2D eigenvalue weighted by atomic mass is 10.0. The van der Waals surface area contributed by atoms with E-state index >= 15 is 0 Å². The number of halogens is 1. The summed E-state index contributed by atoms with van der Waals surface area (Å²) in [4.78, 5) is 2.68. The zero-order valence-corrected chi connectivity index (χ0v) is 14.2. The van der Waals surface area contributed by atoms with E-state index in [1.807, 2.05) is 0 Å². The van der Waals surface area contributed by atoms with E-state index in [2.05, 4.69) is 70.9 Å². The summed E-state index contributed by atoms with van der Waals surface area (Å²) in [7, 11) is 0. The first kappa shape index (κ1) is 15.3. The molecule has 3 heteroatoms. The average molecular weight is 372 g/mol. The van der Waals surface area contributed by atoms with Gasteiger partial charge in [0.1, 0.15) is 0 Å². The number of hydrogen-bond donors (Lipinski definition) is 1. The van der Waals surface area contributed by atoms with E-state index < -0.39 is 0 Å². The molecule has 1 aromatic carbocycles. The van der Waals surface area contributed by atoms with Gasteiger partial charge in [-0.15, -0.1) is 0 Å². The molecule has 0 aromatic heterocycles. The van der Waals surface area contributed by atoms with Gasteiger partial charge in [-0.1, -0.05) is 32.4 Å². The Bertz CT molecular complexity index is 377. The van der Waals surface area contributed by atoms with Crippen LogP contribution in [0, 0.1) is 3.57 Å². The second-order valence-electron chi connectivity index (χ2n) is 5.51. The van der Waals surface area contributed by atoms with Gasteiger partial charge in [-0.2, -0.15) is 0 Å². The van der Waals surface area contributed by atoms with Gasteiger partial charge >= 0.3 is 0 Å². The quantitative estimate of drug-likeness (QED) is 0.794. The summed E-state index contributed by atoms with van der Waals surface area (Å²) in [5.41, 5.74) is 1.44. The second-order valence-corrected chi connectivity index (χ2v) is 6.76. The van der Waals surface area contributed by atoms with Crippen molar-refractivity contribution in [2.45, 2.75) is 51.7 Å². The fourth-order valence-corrected chi connectivity index (χ4v) is 3.20. The van der Waals surface area contributed by atoms with Crippen molar-refractivity contribution in [2.75, 3.05) is 13.1 Å². The zero-order chi connectivity index (χ0) is 13.7. The third-order valence-corrected chi connectivity index (χ3v) is 4.75. The van der Waals surface area contributed by atoms with Crippen LogP contribution in [-0.4, -0.2) is 30.1 Å². The first-order chi connectivity index (χ1) is 9.22. The zero-order valence-electron chi connectivity index (χ0n) is 12.0. The number of nitrogens with zero attached hydrogens (tertiary/aromatic N) is 1. The number of hydrogen-bond acceptors (Lipinski definition) is 2. The molecule has 1 N–H and O–H groups in total. The normalized spacial score (nSPS) is 24.6. The van der Waals surface area contributed by atoms with Crippen LogP contribution < -0.4 is 5.32 Å². The van der Waals surface area contributed by atoms with E-state index in [1.165, 1.54) is 34.9 Å². The van der Waals surface area contributed by atoms with Crippen LogP contribution in [0.4, 0.5) is 0 Å². The SMILES string of the molecule is CCCC1CNC(CC)CN1Cc1ccc(I)cc1. The van der Waals surface area contributed by atoms with Crippen LogP contribution >= 0.6 is 22.6 Å². The molecule has 106 valence electrons. The third-order valence-electron chi connectivity index (χ3n) is 4.03. The number of piperazine rings is 1. The van der Waals surface area contributed by atoms with Crippen molar-refractivity contribution >= 4 is 22.6 Å². The molecule has 0 amide bonds. The highest BCUT2D eigenvalue weighted by Gasteiger charge is 2.26. The maximum Gasteiger partial charge on any atom is 0.0237 e. The Labute approximate surface area is 131 Å². The molecule has 2 nitrogen and oxygen atoms in total. The molecular weight excluding hydrogens is 347 g/mol. The molecule has 2 unspecified atom stereocenters. The minimum atomic E-state index is 0.664. The maximum absolute atomic E-state index is 3.69. The Hall–Kier alpha value is -0.130. The number of benzene rings is 1. The van der Waals surface area contributed by atoms with Crippen molar-refractivity contribution in [3.63, 3.8) is 0 Å². The van der Waals surface area contributed by atoms with Gasteiger partial charge in [0.15, 0.2) is 0 Å². The Balaban J connectivity index is 2.02. The van der Waals surface area contributed by atoms with E-state index in [-0.39, 0.29) is 0 Å². The Morgan fingerprint density at radius 1 is 1.26 bits per heavy atom. The Kier molecular flexibility index (Phi) is 6.10. The smallest absolute Gasteiger partial charge is 0.0237 e. The summed E-state index contributed by atoms with van der Waals surface area (Å²) < 4.78 is 1.32. The molecule has 0 radical (unpaired) electrons. The van der Waals surface area contributed by atoms with E-state index in [9.17, 15) is 0 Å². The molecule has 0 aliphatic carbocycles. The molecule has 1 aliphatic rings. The maximum atomic E-state index is 3.69. The molecule has 0 saturated carbocycles. The van der Waals surface area contributed by atoms with Crippen LogP contribution in [0.2, 0.25) is 0 Å². The van der Waals surface area contributed by atoms with E-state index in [0.717, 1.165) is 13.1 Å². The van der Waals surface area contributed by atoms with Crippen LogP contribution in [0.15, 0.2) is 24.3 Å². The summed E-state index contributed by atoms with van der Waals surface area (Å²) in [5.74, 6) is 0. The fraction of sp³-hybridized carbons (Fsp3) is 0.625. The highest BCUT2D eigenvalue weighted by Crippen LogP contribution is 2.18. The average Bonchev–Trinajstić information content (AvgIpc) is 2.43. The summed E-state index contributed by atoms with van der Waals surface area (Å²) in [6.45, 7) is 8.00. The van der Waals surface area contributed by atoms with Crippen LogP contribution in [0.5, 0.6) is 0 Å². The van der Waals surface area contributed by atoms with Crippen LogP contribution in [0.3, 0.4) is 0 Å². The van der Waals surface area contributed by atoms with Gasteiger partial charge < -0.3 is 5.32 Å². The standard InChI is InChI=1S/C16H25IN2/c1-3-5-16-10-18-15(4-2)12-19(16)11-13-6-8-14(17)9-7-13/h6-9,15-16,18H,3-5,10-12H2,1-2H3. The van der Waals surface area contributed by atoms with Gasteiger partial charge in [0.25, 0.3) is 0 Å². The van der Waals surface area contributed by atoms with Gasteiger partial charge in [-0.25, -0.2) is 0 Å². The van der Waals surface area contributed by atoms with Crippen molar-refractivity contribution in [1.82, 2.24) is 10.2 Å². The molecule has 0 bridgehead atoms. The Morgan fingerprint density at radius 3 is 2.63 bits per heavy atom. The minimum absolute atomic E-state index is 0.664. The lowest BCUT2D eigenvalue weighted by molar-refractivity contribution is 0.113. The fourth-order valence-electron chi connectivity index (χ4n) is 2.84. The van der Waals surface area contributed by atoms with Crippen LogP contribution in [0.25, 0.3) is 0 Å². The van der Waals surface area contributed by atoms with Crippen molar-refractivity contribution in [3.8, 4) is 0 Å². The number of rotatable bonds is 5. The Morgan fingerprint density at radius 2 is 2.00 bits per heavy atom. The molecule has 1 saturated heterocycles. The van der Waals surface area contributed by atoms with Gasteiger partial charge in [0.2, 0.25) is 0 Å². The summed E-state index contributed by atoms with van der Waals surface area (Å²) in [5, 5.41) is 3.69. The van der Waals surface area contributed by atoms with E-state index in [4.69, 9.17) is 0 Å². The lowest BCUT2D eigenvalue weighted by Crippen LogP contribution is -2.55. The van der Waals surface area contributed by atoms with Gasteiger partial charge in [0.05, 0.1) is 0 Å². The van der Waals surface area contributed by atoms with E-state index in [1.54, 1.807) is 0 Å². The molecule has 1 heterocycles. The van der Waals surface area contributed by atoms with Gasteiger partial charge in [-0.3, -0.25) is 4.90 Å².